The Kier molecular flexibility index (Phi) is 5.59. The zero-order chi connectivity index (χ0) is 22.1. The number of allylic oxidation sites excluding steroid dienone is 1. The Labute approximate surface area is 181 Å². The fourth-order valence-electron chi connectivity index (χ4n) is 4.43. The SMILES string of the molecule is COC(=O)C1C(=O)C2=C(CC1C)Nc1ccccc1NC2c1cc(OC)ccc1OC. The van der Waals surface area contributed by atoms with Crippen LogP contribution >= 0.6 is 0 Å². The molecular weight excluding hydrogens is 396 g/mol. The lowest BCUT2D eigenvalue weighted by Crippen LogP contribution is -2.39. The van der Waals surface area contributed by atoms with Crippen molar-refractivity contribution < 1.29 is 23.8 Å². The zero-order valence-corrected chi connectivity index (χ0v) is 18.0. The first kappa shape index (κ1) is 20.8. The van der Waals surface area contributed by atoms with E-state index in [2.05, 4.69) is 10.6 Å². The van der Waals surface area contributed by atoms with Crippen LogP contribution in [0.2, 0.25) is 0 Å². The Balaban J connectivity index is 1.93. The molecule has 162 valence electrons. The number of ether oxygens (including phenoxy) is 3. The number of methoxy groups -OCH3 is 3. The third kappa shape index (κ3) is 3.60. The fraction of sp³-hybridized carbons (Fsp3) is 0.333. The van der Waals surface area contributed by atoms with Crippen LogP contribution in [-0.2, 0) is 14.3 Å². The summed E-state index contributed by atoms with van der Waals surface area (Å²) in [6, 6.07) is 12.7. The number of hydrogen-bond acceptors (Lipinski definition) is 7. The van der Waals surface area contributed by atoms with Gasteiger partial charge in [0.1, 0.15) is 17.4 Å². The largest absolute Gasteiger partial charge is 0.497 e. The van der Waals surface area contributed by atoms with Crippen molar-refractivity contribution in [2.45, 2.75) is 19.4 Å². The number of para-hydroxylation sites is 2. The van der Waals surface area contributed by atoms with E-state index >= 15 is 0 Å². The summed E-state index contributed by atoms with van der Waals surface area (Å²) in [5.74, 6) is -0.542. The summed E-state index contributed by atoms with van der Waals surface area (Å²) in [5.41, 5.74) is 3.78. The zero-order valence-electron chi connectivity index (χ0n) is 18.0. The summed E-state index contributed by atoms with van der Waals surface area (Å²) in [7, 11) is 4.49. The molecule has 0 saturated heterocycles. The number of Topliss-reactive ketones (excluding diaryl/α,β-unsaturated/α-hetero) is 1. The molecule has 3 unspecified atom stereocenters. The number of ketones is 1. The number of carbonyl (C=O) groups excluding carboxylic acids is 2. The number of benzene rings is 2. The summed E-state index contributed by atoms with van der Waals surface area (Å²) < 4.78 is 16.0. The van der Waals surface area contributed by atoms with Gasteiger partial charge in [-0.15, -0.1) is 0 Å². The molecular formula is C24H26N2O5. The third-order valence-corrected chi connectivity index (χ3v) is 5.97. The van der Waals surface area contributed by atoms with Gasteiger partial charge in [-0.25, -0.2) is 0 Å². The molecule has 0 amide bonds. The van der Waals surface area contributed by atoms with Gasteiger partial charge in [-0.1, -0.05) is 19.1 Å². The number of esters is 1. The number of rotatable bonds is 4. The number of carbonyl (C=O) groups is 2. The second-order valence-corrected chi connectivity index (χ2v) is 7.79. The summed E-state index contributed by atoms with van der Waals surface area (Å²) in [6.07, 6.45) is 0.541. The first-order valence-electron chi connectivity index (χ1n) is 10.2. The molecule has 0 bridgehead atoms. The summed E-state index contributed by atoms with van der Waals surface area (Å²) in [5, 5.41) is 6.93. The normalized spacial score (nSPS) is 22.3. The summed E-state index contributed by atoms with van der Waals surface area (Å²) in [6.45, 7) is 1.90. The van der Waals surface area contributed by atoms with Crippen molar-refractivity contribution >= 4 is 23.1 Å². The maximum atomic E-state index is 13.7. The second-order valence-electron chi connectivity index (χ2n) is 7.79. The first-order chi connectivity index (χ1) is 15.0. The fourth-order valence-corrected chi connectivity index (χ4v) is 4.43. The lowest BCUT2D eigenvalue weighted by molar-refractivity contribution is -0.151. The van der Waals surface area contributed by atoms with Crippen molar-refractivity contribution in [3.63, 3.8) is 0 Å². The van der Waals surface area contributed by atoms with Gasteiger partial charge in [0.2, 0.25) is 0 Å². The molecule has 2 aromatic carbocycles. The standard InChI is InChI=1S/C24H26N2O5/c1-13-11-18-21(23(27)20(13)24(28)31-4)22(26-17-8-6-5-7-16(17)25-18)15-12-14(29-2)9-10-19(15)30-3/h5-10,12-13,20,22,25-26H,11H2,1-4H3. The maximum absolute atomic E-state index is 13.7. The second kappa shape index (κ2) is 8.34. The van der Waals surface area contributed by atoms with E-state index in [4.69, 9.17) is 14.2 Å². The molecule has 1 heterocycles. The topological polar surface area (TPSA) is 85.9 Å². The smallest absolute Gasteiger partial charge is 0.316 e. The lowest BCUT2D eigenvalue weighted by Gasteiger charge is -2.32. The molecule has 2 aliphatic rings. The minimum absolute atomic E-state index is 0.190. The molecule has 1 aliphatic heterocycles. The van der Waals surface area contributed by atoms with E-state index in [0.717, 1.165) is 22.6 Å². The molecule has 3 atom stereocenters. The van der Waals surface area contributed by atoms with Crippen LogP contribution in [0.15, 0.2) is 53.7 Å². The highest BCUT2D eigenvalue weighted by molar-refractivity contribution is 6.11. The van der Waals surface area contributed by atoms with Crippen LogP contribution in [0.5, 0.6) is 11.5 Å². The van der Waals surface area contributed by atoms with E-state index in [1.807, 2.05) is 49.4 Å². The minimum atomic E-state index is -0.854. The van der Waals surface area contributed by atoms with Crippen LogP contribution in [-0.4, -0.2) is 33.1 Å². The van der Waals surface area contributed by atoms with Gasteiger partial charge in [0.25, 0.3) is 0 Å². The average molecular weight is 422 g/mol. The molecule has 4 rings (SSSR count). The molecule has 0 fully saturated rings. The van der Waals surface area contributed by atoms with E-state index in [0.29, 0.717) is 23.5 Å². The first-order valence-corrected chi connectivity index (χ1v) is 10.2. The molecule has 7 heteroatoms. The van der Waals surface area contributed by atoms with Crippen molar-refractivity contribution in [3.8, 4) is 11.5 Å². The number of hydrogen-bond donors (Lipinski definition) is 2. The molecule has 2 aromatic rings. The van der Waals surface area contributed by atoms with Crippen molar-refractivity contribution in [2.24, 2.45) is 11.8 Å². The van der Waals surface area contributed by atoms with Crippen LogP contribution < -0.4 is 20.1 Å². The molecule has 0 saturated carbocycles. The Morgan fingerprint density at radius 2 is 1.77 bits per heavy atom. The van der Waals surface area contributed by atoms with E-state index in [9.17, 15) is 9.59 Å². The Morgan fingerprint density at radius 3 is 2.45 bits per heavy atom. The highest BCUT2D eigenvalue weighted by Crippen LogP contribution is 2.46. The van der Waals surface area contributed by atoms with Crippen molar-refractivity contribution in [2.75, 3.05) is 32.0 Å². The van der Waals surface area contributed by atoms with Crippen molar-refractivity contribution in [1.82, 2.24) is 0 Å². The Hall–Kier alpha value is -3.48. The van der Waals surface area contributed by atoms with E-state index < -0.39 is 17.9 Å². The van der Waals surface area contributed by atoms with Gasteiger partial charge in [-0.3, -0.25) is 9.59 Å². The highest BCUT2D eigenvalue weighted by atomic mass is 16.5. The molecule has 0 radical (unpaired) electrons. The monoisotopic (exact) mass is 422 g/mol. The Bertz CT molecular complexity index is 1060. The Morgan fingerprint density at radius 1 is 1.03 bits per heavy atom. The van der Waals surface area contributed by atoms with E-state index in [1.54, 1.807) is 14.2 Å². The van der Waals surface area contributed by atoms with Gasteiger partial charge in [-0.2, -0.15) is 0 Å². The van der Waals surface area contributed by atoms with Gasteiger partial charge in [0.15, 0.2) is 5.78 Å². The number of fused-ring (bicyclic) bond motifs is 1. The van der Waals surface area contributed by atoms with Gasteiger partial charge < -0.3 is 24.8 Å². The van der Waals surface area contributed by atoms with Gasteiger partial charge in [0, 0.05) is 16.8 Å². The van der Waals surface area contributed by atoms with Gasteiger partial charge in [-0.05, 0) is 42.7 Å². The predicted octanol–water partition coefficient (Wildman–Crippen LogP) is 3.93. The predicted molar refractivity (Wildman–Crippen MR) is 117 cm³/mol. The van der Waals surface area contributed by atoms with Crippen LogP contribution in [0.1, 0.15) is 24.9 Å². The third-order valence-electron chi connectivity index (χ3n) is 5.97. The van der Waals surface area contributed by atoms with Gasteiger partial charge in [0.05, 0.1) is 38.7 Å². The molecule has 31 heavy (non-hydrogen) atoms. The molecule has 0 aromatic heterocycles. The summed E-state index contributed by atoms with van der Waals surface area (Å²) in [4.78, 5) is 26.2. The maximum Gasteiger partial charge on any atom is 0.316 e. The van der Waals surface area contributed by atoms with Crippen molar-refractivity contribution in [1.29, 1.82) is 0 Å². The molecule has 0 spiro atoms. The van der Waals surface area contributed by atoms with E-state index in [-0.39, 0.29) is 11.7 Å². The molecule has 1 aliphatic carbocycles. The van der Waals surface area contributed by atoms with Crippen molar-refractivity contribution in [3.05, 3.63) is 59.3 Å². The number of anilines is 2. The lowest BCUT2D eigenvalue weighted by atomic mass is 9.74. The van der Waals surface area contributed by atoms with Gasteiger partial charge >= 0.3 is 5.97 Å². The van der Waals surface area contributed by atoms with Crippen LogP contribution in [0.4, 0.5) is 11.4 Å². The molecule has 2 N–H and O–H groups in total. The highest BCUT2D eigenvalue weighted by Gasteiger charge is 2.44. The quantitative estimate of drug-likeness (QED) is 0.570. The number of nitrogens with one attached hydrogen (secondary N) is 2. The minimum Gasteiger partial charge on any atom is -0.497 e. The van der Waals surface area contributed by atoms with Crippen LogP contribution in [0, 0.1) is 11.8 Å². The summed E-state index contributed by atoms with van der Waals surface area (Å²) >= 11 is 0. The van der Waals surface area contributed by atoms with Crippen LogP contribution in [0.3, 0.4) is 0 Å². The van der Waals surface area contributed by atoms with E-state index in [1.165, 1.54) is 7.11 Å². The molecule has 7 nitrogen and oxygen atoms in total. The average Bonchev–Trinajstić information content (AvgIpc) is 2.94. The van der Waals surface area contributed by atoms with Crippen LogP contribution in [0.25, 0.3) is 0 Å².